The molecule has 1 heterocycles. The third kappa shape index (κ3) is 2.40. The predicted octanol–water partition coefficient (Wildman–Crippen LogP) is 3.22. The van der Waals surface area contributed by atoms with E-state index < -0.39 is 0 Å². The molecular formula is C13H18N2O2. The van der Waals surface area contributed by atoms with Gasteiger partial charge in [-0.1, -0.05) is 19.1 Å². The molecule has 0 N–H and O–H groups in total. The summed E-state index contributed by atoms with van der Waals surface area (Å²) in [6.45, 7) is 5.25. The highest BCUT2D eigenvalue weighted by atomic mass is 16.6. The minimum atomic E-state index is -0.290. The number of nitrogens with zero attached hydrogens (tertiary/aromatic N) is 2. The molecule has 0 amide bonds. The SMILES string of the molecule is CC1CCC(C)N(c2ccccc2[N+](=O)[O-])C1. The lowest BCUT2D eigenvalue weighted by molar-refractivity contribution is -0.384. The van der Waals surface area contributed by atoms with Crippen LogP contribution >= 0.6 is 0 Å². The molecule has 0 spiro atoms. The number of nitro groups is 1. The van der Waals surface area contributed by atoms with E-state index in [0.717, 1.165) is 18.7 Å². The zero-order valence-electron chi connectivity index (χ0n) is 10.3. The van der Waals surface area contributed by atoms with Crippen molar-refractivity contribution in [3.63, 3.8) is 0 Å². The van der Waals surface area contributed by atoms with E-state index in [-0.39, 0.29) is 10.6 Å². The van der Waals surface area contributed by atoms with Gasteiger partial charge in [-0.15, -0.1) is 0 Å². The van der Waals surface area contributed by atoms with Gasteiger partial charge in [-0.05, 0) is 31.7 Å². The Labute approximate surface area is 101 Å². The number of benzene rings is 1. The minimum absolute atomic E-state index is 0.216. The van der Waals surface area contributed by atoms with Crippen LogP contribution < -0.4 is 4.90 Å². The van der Waals surface area contributed by atoms with Crippen molar-refractivity contribution in [1.82, 2.24) is 0 Å². The lowest BCUT2D eigenvalue weighted by Crippen LogP contribution is -2.41. The van der Waals surface area contributed by atoms with Crippen LogP contribution in [-0.4, -0.2) is 17.5 Å². The maximum absolute atomic E-state index is 11.0. The molecule has 4 heteroatoms. The number of para-hydroxylation sites is 2. The van der Waals surface area contributed by atoms with Crippen LogP contribution in [0.3, 0.4) is 0 Å². The number of hydrogen-bond acceptors (Lipinski definition) is 3. The molecule has 92 valence electrons. The fourth-order valence-electron chi connectivity index (χ4n) is 2.49. The summed E-state index contributed by atoms with van der Waals surface area (Å²) in [5, 5.41) is 11.0. The lowest BCUT2D eigenvalue weighted by Gasteiger charge is -2.38. The van der Waals surface area contributed by atoms with Gasteiger partial charge in [0, 0.05) is 18.7 Å². The van der Waals surface area contributed by atoms with Crippen molar-refractivity contribution in [1.29, 1.82) is 0 Å². The third-order valence-electron chi connectivity index (χ3n) is 3.51. The first-order valence-corrected chi connectivity index (χ1v) is 6.09. The highest BCUT2D eigenvalue weighted by Gasteiger charge is 2.27. The Balaban J connectivity index is 2.35. The Kier molecular flexibility index (Phi) is 3.31. The van der Waals surface area contributed by atoms with Gasteiger partial charge in [0.2, 0.25) is 0 Å². The number of nitro benzene ring substituents is 1. The van der Waals surface area contributed by atoms with Crippen molar-refractivity contribution in [2.45, 2.75) is 32.7 Å². The average molecular weight is 234 g/mol. The van der Waals surface area contributed by atoms with Gasteiger partial charge in [-0.3, -0.25) is 10.1 Å². The maximum atomic E-state index is 11.0. The Bertz CT molecular complexity index is 420. The molecular weight excluding hydrogens is 216 g/mol. The number of anilines is 1. The summed E-state index contributed by atoms with van der Waals surface area (Å²) in [6, 6.07) is 7.41. The molecule has 1 aromatic rings. The number of piperidine rings is 1. The van der Waals surface area contributed by atoms with Crippen LogP contribution in [0.15, 0.2) is 24.3 Å². The number of rotatable bonds is 2. The van der Waals surface area contributed by atoms with Crippen molar-refractivity contribution in [2.24, 2.45) is 5.92 Å². The normalized spacial score (nSPS) is 24.7. The molecule has 0 saturated carbocycles. The third-order valence-corrected chi connectivity index (χ3v) is 3.51. The highest BCUT2D eigenvalue weighted by molar-refractivity contribution is 5.63. The van der Waals surface area contributed by atoms with Gasteiger partial charge in [0.1, 0.15) is 5.69 Å². The Morgan fingerprint density at radius 3 is 2.71 bits per heavy atom. The number of hydrogen-bond donors (Lipinski definition) is 0. The molecule has 1 fully saturated rings. The summed E-state index contributed by atoms with van der Waals surface area (Å²) in [7, 11) is 0. The fraction of sp³-hybridized carbons (Fsp3) is 0.538. The summed E-state index contributed by atoms with van der Waals surface area (Å²) in [5.74, 6) is 0.603. The second-order valence-electron chi connectivity index (χ2n) is 4.93. The zero-order chi connectivity index (χ0) is 12.4. The fourth-order valence-corrected chi connectivity index (χ4v) is 2.49. The Hall–Kier alpha value is -1.58. The zero-order valence-corrected chi connectivity index (χ0v) is 10.3. The van der Waals surface area contributed by atoms with Gasteiger partial charge in [0.05, 0.1) is 4.92 Å². The van der Waals surface area contributed by atoms with Crippen LogP contribution in [0.5, 0.6) is 0 Å². The van der Waals surface area contributed by atoms with E-state index >= 15 is 0 Å². The van der Waals surface area contributed by atoms with E-state index in [0.29, 0.717) is 12.0 Å². The van der Waals surface area contributed by atoms with Crippen LogP contribution in [0.25, 0.3) is 0 Å². The Morgan fingerprint density at radius 1 is 1.29 bits per heavy atom. The molecule has 17 heavy (non-hydrogen) atoms. The molecule has 0 radical (unpaired) electrons. The van der Waals surface area contributed by atoms with E-state index in [2.05, 4.69) is 18.7 Å². The van der Waals surface area contributed by atoms with Gasteiger partial charge in [0.25, 0.3) is 5.69 Å². The van der Waals surface area contributed by atoms with Crippen LogP contribution in [-0.2, 0) is 0 Å². The smallest absolute Gasteiger partial charge is 0.292 e. The average Bonchev–Trinajstić information content (AvgIpc) is 2.32. The second kappa shape index (κ2) is 4.73. The molecule has 2 atom stereocenters. The molecule has 0 aliphatic carbocycles. The quantitative estimate of drug-likeness (QED) is 0.583. The van der Waals surface area contributed by atoms with Crippen LogP contribution in [0.1, 0.15) is 26.7 Å². The summed E-state index contributed by atoms with van der Waals surface area (Å²) in [6.07, 6.45) is 2.31. The van der Waals surface area contributed by atoms with Crippen LogP contribution in [0.4, 0.5) is 11.4 Å². The molecule has 1 aliphatic heterocycles. The van der Waals surface area contributed by atoms with Crippen LogP contribution in [0.2, 0.25) is 0 Å². The molecule has 2 rings (SSSR count). The summed E-state index contributed by atoms with van der Waals surface area (Å²) in [4.78, 5) is 12.9. The molecule has 1 aromatic carbocycles. The van der Waals surface area contributed by atoms with Gasteiger partial charge in [0.15, 0.2) is 0 Å². The standard InChI is InChI=1S/C13H18N2O2/c1-10-7-8-11(2)14(9-10)12-5-3-4-6-13(12)15(16)17/h3-6,10-11H,7-9H2,1-2H3. The molecule has 1 aliphatic rings. The summed E-state index contributed by atoms with van der Waals surface area (Å²) in [5.41, 5.74) is 0.977. The first kappa shape index (κ1) is 11.9. The van der Waals surface area contributed by atoms with Gasteiger partial charge in [-0.25, -0.2) is 0 Å². The van der Waals surface area contributed by atoms with Gasteiger partial charge >= 0.3 is 0 Å². The van der Waals surface area contributed by atoms with Crippen molar-refractivity contribution < 1.29 is 4.92 Å². The van der Waals surface area contributed by atoms with E-state index in [9.17, 15) is 10.1 Å². The topological polar surface area (TPSA) is 46.4 Å². The molecule has 0 aromatic heterocycles. The van der Waals surface area contributed by atoms with Crippen LogP contribution in [0, 0.1) is 16.0 Å². The summed E-state index contributed by atoms with van der Waals surface area (Å²) < 4.78 is 0. The van der Waals surface area contributed by atoms with Gasteiger partial charge in [-0.2, -0.15) is 0 Å². The molecule has 1 saturated heterocycles. The van der Waals surface area contributed by atoms with E-state index in [1.807, 2.05) is 12.1 Å². The maximum Gasteiger partial charge on any atom is 0.292 e. The van der Waals surface area contributed by atoms with Crippen molar-refractivity contribution in [2.75, 3.05) is 11.4 Å². The first-order chi connectivity index (χ1) is 8.09. The van der Waals surface area contributed by atoms with E-state index in [1.165, 1.54) is 6.42 Å². The van der Waals surface area contributed by atoms with Crippen molar-refractivity contribution in [3.8, 4) is 0 Å². The van der Waals surface area contributed by atoms with Crippen molar-refractivity contribution in [3.05, 3.63) is 34.4 Å². The Morgan fingerprint density at radius 2 is 2.00 bits per heavy atom. The van der Waals surface area contributed by atoms with E-state index in [4.69, 9.17) is 0 Å². The van der Waals surface area contributed by atoms with E-state index in [1.54, 1.807) is 12.1 Å². The molecule has 0 bridgehead atoms. The monoisotopic (exact) mass is 234 g/mol. The minimum Gasteiger partial charge on any atom is -0.363 e. The second-order valence-corrected chi connectivity index (χ2v) is 4.93. The molecule has 2 unspecified atom stereocenters. The van der Waals surface area contributed by atoms with Gasteiger partial charge < -0.3 is 4.90 Å². The largest absolute Gasteiger partial charge is 0.363 e. The lowest BCUT2D eigenvalue weighted by atomic mass is 9.94. The predicted molar refractivity (Wildman–Crippen MR) is 68.3 cm³/mol. The summed E-state index contributed by atoms with van der Waals surface area (Å²) >= 11 is 0. The molecule has 4 nitrogen and oxygen atoms in total. The first-order valence-electron chi connectivity index (χ1n) is 6.09. The highest BCUT2D eigenvalue weighted by Crippen LogP contribution is 2.33. The van der Waals surface area contributed by atoms with Crippen molar-refractivity contribution >= 4 is 11.4 Å².